The second-order valence-electron chi connectivity index (χ2n) is 8.10. The highest BCUT2D eigenvalue weighted by Crippen LogP contribution is 2.18. The van der Waals surface area contributed by atoms with Crippen molar-refractivity contribution in [3.63, 3.8) is 0 Å². The number of hydrogen-bond acceptors (Lipinski definition) is 5. The van der Waals surface area contributed by atoms with Crippen LogP contribution in [0, 0.1) is 11.7 Å². The summed E-state index contributed by atoms with van der Waals surface area (Å²) < 4.78 is 14.6. The zero-order valence-electron chi connectivity index (χ0n) is 18.4. The molecule has 1 saturated heterocycles. The molecule has 9 heteroatoms. The third-order valence-corrected chi connectivity index (χ3v) is 5.89. The van der Waals surface area contributed by atoms with Gasteiger partial charge < -0.3 is 4.90 Å². The number of para-hydroxylation sites is 1. The van der Waals surface area contributed by atoms with E-state index in [9.17, 15) is 18.8 Å². The van der Waals surface area contributed by atoms with Crippen molar-refractivity contribution in [1.29, 1.82) is 0 Å². The molecule has 1 unspecified atom stereocenters. The molecule has 0 aliphatic carbocycles. The molecule has 2 amide bonds. The largest absolute Gasteiger partial charge is 0.342 e. The molecule has 1 aliphatic heterocycles. The summed E-state index contributed by atoms with van der Waals surface area (Å²) in [7, 11) is 0. The maximum Gasteiger partial charge on any atom is 0.262 e. The van der Waals surface area contributed by atoms with E-state index in [2.05, 4.69) is 15.8 Å². The van der Waals surface area contributed by atoms with Crippen LogP contribution < -0.4 is 16.4 Å². The van der Waals surface area contributed by atoms with Gasteiger partial charge in [0, 0.05) is 19.6 Å². The number of aromatic nitrogens is 2. The summed E-state index contributed by atoms with van der Waals surface area (Å²) in [5.74, 6) is -0.828. The molecule has 2 aromatic carbocycles. The van der Waals surface area contributed by atoms with Gasteiger partial charge in [0.1, 0.15) is 5.82 Å². The number of hydrazine groups is 1. The number of halogens is 1. The first-order chi connectivity index (χ1) is 16.0. The Kier molecular flexibility index (Phi) is 6.67. The fourth-order valence-electron chi connectivity index (χ4n) is 4.08. The van der Waals surface area contributed by atoms with Gasteiger partial charge in [-0.1, -0.05) is 24.3 Å². The number of piperidine rings is 1. The molecule has 2 heterocycles. The molecule has 0 bridgehead atoms. The first-order valence-electron chi connectivity index (χ1n) is 11.0. The van der Waals surface area contributed by atoms with Crippen LogP contribution in [0.25, 0.3) is 10.9 Å². The summed E-state index contributed by atoms with van der Waals surface area (Å²) in [4.78, 5) is 44.4. The molecule has 0 radical (unpaired) electrons. The second-order valence-corrected chi connectivity index (χ2v) is 8.10. The molecule has 172 valence electrons. The van der Waals surface area contributed by atoms with E-state index in [1.807, 2.05) is 6.92 Å². The molecule has 0 saturated carbocycles. The fourth-order valence-corrected chi connectivity index (χ4v) is 4.08. The van der Waals surface area contributed by atoms with Crippen LogP contribution in [0.1, 0.15) is 25.3 Å². The zero-order chi connectivity index (χ0) is 23.4. The number of likely N-dealkylation sites (tertiary alicyclic amines) is 1. The third-order valence-electron chi connectivity index (χ3n) is 5.89. The van der Waals surface area contributed by atoms with Gasteiger partial charge in [0.2, 0.25) is 17.8 Å². The summed E-state index contributed by atoms with van der Waals surface area (Å²) in [6, 6.07) is 12.9. The van der Waals surface area contributed by atoms with Crippen LogP contribution in [-0.4, -0.2) is 39.4 Å². The summed E-state index contributed by atoms with van der Waals surface area (Å²) in [6.07, 6.45) is 1.53. The number of carbonyl (C=O) groups excluding carboxylic acids is 2. The maximum absolute atomic E-state index is 13.1. The lowest BCUT2D eigenvalue weighted by molar-refractivity contribution is -0.135. The molecule has 33 heavy (non-hydrogen) atoms. The number of nitrogens with one attached hydrogen (secondary N) is 2. The Morgan fingerprint density at radius 2 is 1.91 bits per heavy atom. The quantitative estimate of drug-likeness (QED) is 0.562. The summed E-state index contributed by atoms with van der Waals surface area (Å²) in [5, 5.41) is 0.513. The highest BCUT2D eigenvalue weighted by molar-refractivity contribution is 5.83. The van der Waals surface area contributed by atoms with E-state index >= 15 is 0 Å². The first-order valence-corrected chi connectivity index (χ1v) is 11.0. The number of benzene rings is 2. The molecule has 4 rings (SSSR count). The monoisotopic (exact) mass is 451 g/mol. The van der Waals surface area contributed by atoms with E-state index in [1.54, 1.807) is 41.3 Å². The van der Waals surface area contributed by atoms with Gasteiger partial charge in [-0.25, -0.2) is 9.37 Å². The SMILES string of the molecule is CCn1c(NNC(=O)C2CCCN(C(=O)Cc3ccc(F)cc3)C2)nc2ccccc2c1=O. The molecule has 2 N–H and O–H groups in total. The topological polar surface area (TPSA) is 96.3 Å². The molecule has 1 fully saturated rings. The van der Waals surface area contributed by atoms with Crippen molar-refractivity contribution >= 4 is 28.7 Å². The number of nitrogens with zero attached hydrogens (tertiary/aromatic N) is 3. The molecule has 0 spiro atoms. The van der Waals surface area contributed by atoms with Gasteiger partial charge in [0.25, 0.3) is 5.56 Å². The lowest BCUT2D eigenvalue weighted by atomic mass is 9.97. The summed E-state index contributed by atoms with van der Waals surface area (Å²) in [5.41, 5.74) is 6.54. The minimum absolute atomic E-state index is 0.0944. The number of hydrogen-bond donors (Lipinski definition) is 2. The Morgan fingerprint density at radius 3 is 2.67 bits per heavy atom. The molecular formula is C24H26FN5O3. The van der Waals surface area contributed by atoms with Gasteiger partial charge in [-0.15, -0.1) is 0 Å². The molecule has 3 aromatic rings. The number of anilines is 1. The minimum Gasteiger partial charge on any atom is -0.342 e. The van der Waals surface area contributed by atoms with Gasteiger partial charge in [-0.05, 0) is 49.6 Å². The van der Waals surface area contributed by atoms with E-state index in [1.165, 1.54) is 16.7 Å². The van der Waals surface area contributed by atoms with E-state index in [-0.39, 0.29) is 41.5 Å². The number of fused-ring (bicyclic) bond motifs is 1. The number of carbonyl (C=O) groups is 2. The highest BCUT2D eigenvalue weighted by atomic mass is 19.1. The Morgan fingerprint density at radius 1 is 1.15 bits per heavy atom. The van der Waals surface area contributed by atoms with Crippen molar-refractivity contribution in [2.24, 2.45) is 5.92 Å². The third kappa shape index (κ3) is 5.02. The first kappa shape index (κ1) is 22.4. The van der Waals surface area contributed by atoms with Crippen LogP contribution >= 0.6 is 0 Å². The lowest BCUT2D eigenvalue weighted by Crippen LogP contribution is -2.47. The normalized spacial score (nSPS) is 15.9. The second kappa shape index (κ2) is 9.81. The lowest BCUT2D eigenvalue weighted by Gasteiger charge is -2.32. The van der Waals surface area contributed by atoms with Gasteiger partial charge in [-0.2, -0.15) is 0 Å². The van der Waals surface area contributed by atoms with Crippen LogP contribution in [0.15, 0.2) is 53.3 Å². The van der Waals surface area contributed by atoms with Crippen LogP contribution in [0.2, 0.25) is 0 Å². The Labute approximate surface area is 190 Å². The van der Waals surface area contributed by atoms with Gasteiger partial charge in [0.05, 0.1) is 23.2 Å². The van der Waals surface area contributed by atoms with Crippen molar-refractivity contribution in [3.8, 4) is 0 Å². The van der Waals surface area contributed by atoms with Crippen molar-refractivity contribution in [1.82, 2.24) is 19.9 Å². The van der Waals surface area contributed by atoms with Crippen LogP contribution in [-0.2, 0) is 22.6 Å². The molecule has 1 aliphatic rings. The molecular weight excluding hydrogens is 425 g/mol. The van der Waals surface area contributed by atoms with Crippen molar-refractivity contribution in [2.45, 2.75) is 32.7 Å². The Hall–Kier alpha value is -3.75. The van der Waals surface area contributed by atoms with E-state index in [0.29, 0.717) is 43.4 Å². The van der Waals surface area contributed by atoms with Gasteiger partial charge in [-0.3, -0.25) is 29.8 Å². The summed E-state index contributed by atoms with van der Waals surface area (Å²) >= 11 is 0. The maximum atomic E-state index is 13.1. The van der Waals surface area contributed by atoms with Crippen LogP contribution in [0.5, 0.6) is 0 Å². The highest BCUT2D eigenvalue weighted by Gasteiger charge is 2.28. The molecule has 1 atom stereocenters. The molecule has 1 aromatic heterocycles. The minimum atomic E-state index is -0.384. The van der Waals surface area contributed by atoms with E-state index < -0.39 is 0 Å². The average molecular weight is 452 g/mol. The predicted molar refractivity (Wildman–Crippen MR) is 123 cm³/mol. The van der Waals surface area contributed by atoms with Crippen LogP contribution in [0.3, 0.4) is 0 Å². The fraction of sp³-hybridized carbons (Fsp3) is 0.333. The molecule has 8 nitrogen and oxygen atoms in total. The number of rotatable bonds is 6. The Bertz CT molecular complexity index is 1220. The van der Waals surface area contributed by atoms with Gasteiger partial charge >= 0.3 is 0 Å². The predicted octanol–water partition coefficient (Wildman–Crippen LogP) is 2.48. The Balaban J connectivity index is 1.40. The van der Waals surface area contributed by atoms with Crippen molar-refractivity contribution in [3.05, 3.63) is 70.3 Å². The van der Waals surface area contributed by atoms with Crippen LogP contribution in [0.4, 0.5) is 10.3 Å². The van der Waals surface area contributed by atoms with Crippen molar-refractivity contribution in [2.75, 3.05) is 18.5 Å². The van der Waals surface area contributed by atoms with E-state index in [4.69, 9.17) is 0 Å². The standard InChI is InChI=1S/C24H26FN5O3/c1-2-30-23(33)19-7-3-4-8-20(19)26-24(30)28-27-22(32)17-6-5-13-29(15-17)21(31)14-16-9-11-18(25)12-10-16/h3-4,7-12,17H,2,5-6,13-15H2,1H3,(H,26,28)(H,27,32). The zero-order valence-corrected chi connectivity index (χ0v) is 18.4. The summed E-state index contributed by atoms with van der Waals surface area (Å²) in [6.45, 7) is 3.11. The van der Waals surface area contributed by atoms with Crippen molar-refractivity contribution < 1.29 is 14.0 Å². The van der Waals surface area contributed by atoms with E-state index in [0.717, 1.165) is 5.56 Å². The van der Waals surface area contributed by atoms with Gasteiger partial charge in [0.15, 0.2) is 0 Å². The number of amides is 2. The smallest absolute Gasteiger partial charge is 0.262 e. The average Bonchev–Trinajstić information content (AvgIpc) is 2.84.